The van der Waals surface area contributed by atoms with Gasteiger partial charge in [0.1, 0.15) is 0 Å². The van der Waals surface area contributed by atoms with E-state index < -0.39 is 29.0 Å². The lowest BCUT2D eigenvalue weighted by molar-refractivity contribution is -0.115. The first-order valence-electron chi connectivity index (χ1n) is 6.90. The van der Waals surface area contributed by atoms with E-state index in [2.05, 4.69) is 20.9 Å². The van der Waals surface area contributed by atoms with Crippen LogP contribution in [0.2, 0.25) is 0 Å². The topological polar surface area (TPSA) is 65.5 Å². The number of benzene rings is 1. The predicted octanol–water partition coefficient (Wildman–Crippen LogP) is 2.47. The highest BCUT2D eigenvalue weighted by molar-refractivity contribution is 7.07. The lowest BCUT2D eigenvalue weighted by Gasteiger charge is -2.12. The maximum atomic E-state index is 13.5. The van der Waals surface area contributed by atoms with Crippen molar-refractivity contribution in [1.82, 2.24) is 10.6 Å². The van der Waals surface area contributed by atoms with Crippen LogP contribution in [-0.4, -0.2) is 25.5 Å². The Balaban J connectivity index is 1.84. The molecule has 0 saturated carbocycles. The standard InChI is InChI=1S/C15H15F3N4OS/c1-19-15(20-6-9-4-5-24-8-9)21-7-12(23)22-11-3-2-10(16)13(17)14(11)18/h2-5,8H,6-7H2,1H3,(H,22,23)(H2,19,20,21). The number of carbonyl (C=O) groups is 1. The average molecular weight is 356 g/mol. The number of halogens is 3. The molecule has 1 heterocycles. The quantitative estimate of drug-likeness (QED) is 0.438. The van der Waals surface area contributed by atoms with Crippen molar-refractivity contribution in [3.63, 3.8) is 0 Å². The normalized spacial score (nSPS) is 11.2. The van der Waals surface area contributed by atoms with Crippen LogP contribution >= 0.6 is 11.3 Å². The summed E-state index contributed by atoms with van der Waals surface area (Å²) < 4.78 is 39.4. The van der Waals surface area contributed by atoms with Gasteiger partial charge in [0.15, 0.2) is 23.4 Å². The first kappa shape index (κ1) is 17.8. The van der Waals surface area contributed by atoms with Gasteiger partial charge >= 0.3 is 0 Å². The van der Waals surface area contributed by atoms with Crippen molar-refractivity contribution in [2.24, 2.45) is 4.99 Å². The molecule has 0 fully saturated rings. The van der Waals surface area contributed by atoms with Gasteiger partial charge in [0.05, 0.1) is 12.2 Å². The molecule has 1 amide bonds. The number of hydrogen-bond donors (Lipinski definition) is 3. The van der Waals surface area contributed by atoms with Crippen LogP contribution in [0.25, 0.3) is 0 Å². The van der Waals surface area contributed by atoms with Gasteiger partial charge in [-0.05, 0) is 34.5 Å². The van der Waals surface area contributed by atoms with Gasteiger partial charge in [-0.2, -0.15) is 11.3 Å². The number of amides is 1. The van der Waals surface area contributed by atoms with Crippen LogP contribution in [0.3, 0.4) is 0 Å². The minimum Gasteiger partial charge on any atom is -0.352 e. The van der Waals surface area contributed by atoms with Gasteiger partial charge in [-0.1, -0.05) is 0 Å². The molecule has 0 atom stereocenters. The zero-order valence-electron chi connectivity index (χ0n) is 12.7. The SMILES string of the molecule is CN=C(NCC(=O)Nc1ccc(F)c(F)c1F)NCc1ccsc1. The van der Waals surface area contributed by atoms with E-state index in [0.717, 1.165) is 17.7 Å². The Morgan fingerprint density at radius 1 is 1.17 bits per heavy atom. The molecule has 0 saturated heterocycles. The molecule has 2 rings (SSSR count). The molecule has 0 aliphatic rings. The van der Waals surface area contributed by atoms with Crippen LogP contribution in [0.5, 0.6) is 0 Å². The number of hydrogen-bond acceptors (Lipinski definition) is 3. The lowest BCUT2D eigenvalue weighted by Crippen LogP contribution is -2.41. The van der Waals surface area contributed by atoms with E-state index in [-0.39, 0.29) is 6.54 Å². The van der Waals surface area contributed by atoms with Crippen molar-refractivity contribution in [2.45, 2.75) is 6.54 Å². The number of carbonyl (C=O) groups excluding carboxylic acids is 1. The number of nitrogens with zero attached hydrogens (tertiary/aromatic N) is 1. The third-order valence-electron chi connectivity index (χ3n) is 2.99. The third-order valence-corrected chi connectivity index (χ3v) is 3.72. The van der Waals surface area contributed by atoms with E-state index in [1.54, 1.807) is 11.3 Å². The van der Waals surface area contributed by atoms with Gasteiger partial charge in [0.2, 0.25) is 5.91 Å². The van der Waals surface area contributed by atoms with Gasteiger partial charge in [0.25, 0.3) is 0 Å². The summed E-state index contributed by atoms with van der Waals surface area (Å²) in [6.45, 7) is 0.310. The van der Waals surface area contributed by atoms with Crippen LogP contribution in [0.15, 0.2) is 34.0 Å². The molecule has 0 aliphatic carbocycles. The summed E-state index contributed by atoms with van der Waals surface area (Å²) >= 11 is 1.56. The fourth-order valence-electron chi connectivity index (χ4n) is 1.78. The lowest BCUT2D eigenvalue weighted by atomic mass is 10.2. The molecule has 2 aromatic rings. The summed E-state index contributed by atoms with van der Waals surface area (Å²) in [5.74, 6) is -4.64. The second-order valence-corrected chi connectivity index (χ2v) is 5.46. The average Bonchev–Trinajstić information content (AvgIpc) is 3.09. The maximum absolute atomic E-state index is 13.5. The van der Waals surface area contributed by atoms with E-state index in [9.17, 15) is 18.0 Å². The number of nitrogens with one attached hydrogen (secondary N) is 3. The number of rotatable bonds is 5. The Kier molecular flexibility index (Phi) is 6.19. The molecule has 1 aromatic carbocycles. The summed E-state index contributed by atoms with van der Waals surface area (Å²) in [5.41, 5.74) is 0.637. The Hall–Kier alpha value is -2.55. The molecule has 0 aliphatic heterocycles. The molecule has 0 unspecified atom stereocenters. The number of guanidine groups is 1. The zero-order valence-corrected chi connectivity index (χ0v) is 13.5. The van der Waals surface area contributed by atoms with E-state index in [4.69, 9.17) is 0 Å². The van der Waals surface area contributed by atoms with Gasteiger partial charge in [-0.3, -0.25) is 9.79 Å². The highest BCUT2D eigenvalue weighted by atomic mass is 32.1. The van der Waals surface area contributed by atoms with Crippen LogP contribution in [0.4, 0.5) is 18.9 Å². The van der Waals surface area contributed by atoms with Gasteiger partial charge < -0.3 is 16.0 Å². The summed E-state index contributed by atoms with van der Waals surface area (Å²) in [5, 5.41) is 11.8. The van der Waals surface area contributed by atoms with Crippen molar-refractivity contribution >= 4 is 28.9 Å². The van der Waals surface area contributed by atoms with Crippen LogP contribution in [-0.2, 0) is 11.3 Å². The molecule has 9 heteroatoms. The summed E-state index contributed by atoms with van der Waals surface area (Å²) in [4.78, 5) is 15.7. The third kappa shape index (κ3) is 4.72. The monoisotopic (exact) mass is 356 g/mol. The Labute approximate surface area is 140 Å². The number of anilines is 1. The maximum Gasteiger partial charge on any atom is 0.243 e. The Morgan fingerprint density at radius 2 is 1.96 bits per heavy atom. The van der Waals surface area contributed by atoms with Crippen LogP contribution in [0.1, 0.15) is 5.56 Å². The summed E-state index contributed by atoms with van der Waals surface area (Å²) in [6, 6.07) is 3.64. The smallest absolute Gasteiger partial charge is 0.243 e. The van der Waals surface area contributed by atoms with Crippen molar-refractivity contribution in [3.8, 4) is 0 Å². The van der Waals surface area contributed by atoms with Crippen molar-refractivity contribution < 1.29 is 18.0 Å². The van der Waals surface area contributed by atoms with Crippen LogP contribution < -0.4 is 16.0 Å². The fraction of sp³-hybridized carbons (Fsp3) is 0.200. The van der Waals surface area contributed by atoms with E-state index in [1.807, 2.05) is 16.8 Å². The van der Waals surface area contributed by atoms with Gasteiger partial charge in [-0.25, -0.2) is 13.2 Å². The second kappa shape index (κ2) is 8.34. The summed E-state index contributed by atoms with van der Waals surface area (Å²) in [7, 11) is 1.54. The van der Waals surface area contributed by atoms with E-state index in [1.165, 1.54) is 7.05 Å². The van der Waals surface area contributed by atoms with Gasteiger partial charge in [0, 0.05) is 13.6 Å². The Morgan fingerprint density at radius 3 is 2.62 bits per heavy atom. The minimum absolute atomic E-state index is 0.220. The summed E-state index contributed by atoms with van der Waals surface area (Å²) in [6.07, 6.45) is 0. The van der Waals surface area contributed by atoms with Gasteiger partial charge in [-0.15, -0.1) is 0 Å². The molecule has 3 N–H and O–H groups in total. The highest BCUT2D eigenvalue weighted by Crippen LogP contribution is 2.19. The highest BCUT2D eigenvalue weighted by Gasteiger charge is 2.15. The fourth-order valence-corrected chi connectivity index (χ4v) is 2.45. The minimum atomic E-state index is -1.63. The molecule has 0 bridgehead atoms. The second-order valence-electron chi connectivity index (χ2n) is 4.68. The molecule has 1 aromatic heterocycles. The van der Waals surface area contributed by atoms with E-state index in [0.29, 0.717) is 12.5 Å². The molecule has 0 radical (unpaired) electrons. The number of thiophene rings is 1. The molecular formula is C15H15F3N4OS. The molecule has 24 heavy (non-hydrogen) atoms. The number of aliphatic imine (C=N–C) groups is 1. The first-order valence-corrected chi connectivity index (χ1v) is 7.84. The molecular weight excluding hydrogens is 341 g/mol. The molecule has 128 valence electrons. The predicted molar refractivity (Wildman–Crippen MR) is 87.5 cm³/mol. The zero-order chi connectivity index (χ0) is 17.5. The molecule has 5 nitrogen and oxygen atoms in total. The Bertz CT molecular complexity index is 735. The first-order chi connectivity index (χ1) is 11.5. The van der Waals surface area contributed by atoms with Crippen molar-refractivity contribution in [1.29, 1.82) is 0 Å². The van der Waals surface area contributed by atoms with E-state index >= 15 is 0 Å². The van der Waals surface area contributed by atoms with Crippen LogP contribution in [0, 0.1) is 17.5 Å². The van der Waals surface area contributed by atoms with Crippen molar-refractivity contribution in [3.05, 3.63) is 52.0 Å². The molecule has 0 spiro atoms. The largest absolute Gasteiger partial charge is 0.352 e. The van der Waals surface area contributed by atoms with Crippen molar-refractivity contribution in [2.75, 3.05) is 18.9 Å².